The van der Waals surface area contributed by atoms with Crippen LogP contribution in [0.2, 0.25) is 0 Å². The molecule has 1 aromatic carbocycles. The predicted octanol–water partition coefficient (Wildman–Crippen LogP) is 1.81. The van der Waals surface area contributed by atoms with Gasteiger partial charge >= 0.3 is 0 Å². The zero-order chi connectivity index (χ0) is 11.5. The molecule has 0 saturated heterocycles. The number of nitrogens with two attached hydrogens (primary N) is 1. The summed E-state index contributed by atoms with van der Waals surface area (Å²) in [6, 6.07) is 7.73. The maximum Gasteiger partial charge on any atom is 0.101 e. The largest absolute Gasteiger partial charge is 0.326 e. The van der Waals surface area contributed by atoms with E-state index in [0.29, 0.717) is 12.1 Å². The quantitative estimate of drug-likeness (QED) is 0.857. The highest BCUT2D eigenvalue weighted by atomic mass is 127. The van der Waals surface area contributed by atoms with Crippen molar-refractivity contribution in [2.24, 2.45) is 5.73 Å². The lowest BCUT2D eigenvalue weighted by atomic mass is 10.1. The van der Waals surface area contributed by atoms with Crippen LogP contribution < -0.4 is 5.73 Å². The summed E-state index contributed by atoms with van der Waals surface area (Å²) in [5, 5.41) is 13.2. The molecular weight excluding hydrogens is 315 g/mol. The van der Waals surface area contributed by atoms with E-state index in [1.807, 2.05) is 18.3 Å². The number of rotatable bonds is 2. The van der Waals surface area contributed by atoms with Crippen molar-refractivity contribution in [3.63, 3.8) is 0 Å². The van der Waals surface area contributed by atoms with Crippen molar-refractivity contribution >= 4 is 22.6 Å². The fourth-order valence-electron chi connectivity index (χ4n) is 1.43. The second-order valence-corrected chi connectivity index (χ2v) is 4.52. The van der Waals surface area contributed by atoms with Gasteiger partial charge < -0.3 is 5.73 Å². The Labute approximate surface area is 107 Å². The fourth-order valence-corrected chi connectivity index (χ4v) is 1.82. The van der Waals surface area contributed by atoms with Gasteiger partial charge in [0.1, 0.15) is 6.07 Å². The van der Waals surface area contributed by atoms with Gasteiger partial charge in [-0.1, -0.05) is 6.07 Å². The van der Waals surface area contributed by atoms with Gasteiger partial charge in [0, 0.05) is 12.7 Å². The summed E-state index contributed by atoms with van der Waals surface area (Å²) < 4.78 is 2.73. The van der Waals surface area contributed by atoms with Crippen molar-refractivity contribution in [3.05, 3.63) is 45.3 Å². The Balaban J connectivity index is 2.53. The van der Waals surface area contributed by atoms with Gasteiger partial charge in [0.05, 0.1) is 21.0 Å². The third kappa shape index (κ3) is 2.08. The van der Waals surface area contributed by atoms with Crippen LogP contribution in [0, 0.1) is 14.9 Å². The lowest BCUT2D eigenvalue weighted by Crippen LogP contribution is -2.01. The predicted molar refractivity (Wildman–Crippen MR) is 68.9 cm³/mol. The monoisotopic (exact) mass is 324 g/mol. The van der Waals surface area contributed by atoms with Crippen LogP contribution in [0.15, 0.2) is 30.6 Å². The van der Waals surface area contributed by atoms with E-state index >= 15 is 0 Å². The molecule has 0 aliphatic heterocycles. The molecule has 0 aliphatic rings. The number of nitrogens with zero attached hydrogens (tertiary/aromatic N) is 3. The zero-order valence-corrected chi connectivity index (χ0v) is 10.5. The van der Waals surface area contributed by atoms with Gasteiger partial charge in [0.15, 0.2) is 0 Å². The van der Waals surface area contributed by atoms with Gasteiger partial charge in [-0.15, -0.1) is 0 Å². The van der Waals surface area contributed by atoms with Crippen LogP contribution >= 0.6 is 22.6 Å². The van der Waals surface area contributed by atoms with E-state index in [0.717, 1.165) is 14.8 Å². The Morgan fingerprint density at radius 1 is 1.50 bits per heavy atom. The minimum atomic E-state index is 0.436. The van der Waals surface area contributed by atoms with Crippen LogP contribution in [-0.2, 0) is 6.54 Å². The van der Waals surface area contributed by atoms with E-state index in [9.17, 15) is 0 Å². The number of nitriles is 1. The van der Waals surface area contributed by atoms with Crippen molar-refractivity contribution in [2.75, 3.05) is 0 Å². The van der Waals surface area contributed by atoms with Crippen molar-refractivity contribution in [1.82, 2.24) is 9.78 Å². The molecule has 0 bridgehead atoms. The van der Waals surface area contributed by atoms with Crippen LogP contribution in [0.1, 0.15) is 11.1 Å². The normalized spacial score (nSPS) is 10.1. The Morgan fingerprint density at radius 3 is 2.88 bits per heavy atom. The lowest BCUT2D eigenvalue weighted by molar-refractivity contribution is 0.875. The molecule has 5 heteroatoms. The van der Waals surface area contributed by atoms with Crippen LogP contribution in [0.5, 0.6) is 0 Å². The molecule has 80 valence electrons. The highest BCUT2D eigenvalue weighted by molar-refractivity contribution is 14.1. The first kappa shape index (κ1) is 11.1. The summed E-state index contributed by atoms with van der Waals surface area (Å²) in [7, 11) is 0. The van der Waals surface area contributed by atoms with E-state index < -0.39 is 0 Å². The molecule has 1 aromatic heterocycles. The molecule has 0 fully saturated rings. The number of benzene rings is 1. The number of aromatic nitrogens is 2. The molecule has 2 aromatic rings. The summed E-state index contributed by atoms with van der Waals surface area (Å²) in [5.41, 5.74) is 7.85. The average molecular weight is 324 g/mol. The van der Waals surface area contributed by atoms with Gasteiger partial charge in [0.2, 0.25) is 0 Å². The number of halogens is 1. The molecular formula is C11H9IN4. The van der Waals surface area contributed by atoms with Crippen LogP contribution in [0.25, 0.3) is 5.69 Å². The summed E-state index contributed by atoms with van der Waals surface area (Å²) in [6.07, 6.45) is 3.62. The molecule has 16 heavy (non-hydrogen) atoms. The first-order valence-corrected chi connectivity index (χ1v) is 5.76. The first-order valence-electron chi connectivity index (χ1n) is 4.68. The summed E-state index contributed by atoms with van der Waals surface area (Å²) in [6.45, 7) is 0.436. The van der Waals surface area contributed by atoms with E-state index in [2.05, 4.69) is 33.8 Å². The van der Waals surface area contributed by atoms with E-state index in [4.69, 9.17) is 11.0 Å². The molecule has 0 radical (unpaired) electrons. The molecule has 0 aliphatic carbocycles. The van der Waals surface area contributed by atoms with E-state index in [1.165, 1.54) is 0 Å². The zero-order valence-electron chi connectivity index (χ0n) is 8.39. The summed E-state index contributed by atoms with van der Waals surface area (Å²) in [4.78, 5) is 0. The minimum absolute atomic E-state index is 0.436. The van der Waals surface area contributed by atoms with E-state index in [-0.39, 0.29) is 0 Å². The molecule has 2 rings (SSSR count). The maximum atomic E-state index is 9.07. The molecule has 0 unspecified atom stereocenters. The molecule has 0 atom stereocenters. The topological polar surface area (TPSA) is 67.6 Å². The van der Waals surface area contributed by atoms with Gasteiger partial charge in [-0.25, -0.2) is 4.68 Å². The van der Waals surface area contributed by atoms with Crippen LogP contribution in [0.3, 0.4) is 0 Å². The van der Waals surface area contributed by atoms with Crippen molar-refractivity contribution < 1.29 is 0 Å². The Bertz CT molecular complexity index is 553. The molecule has 0 amide bonds. The molecule has 2 N–H and O–H groups in total. The minimum Gasteiger partial charge on any atom is -0.326 e. The lowest BCUT2D eigenvalue weighted by Gasteiger charge is -2.05. The third-order valence-corrected chi connectivity index (χ3v) is 2.77. The Morgan fingerprint density at radius 2 is 2.31 bits per heavy atom. The highest BCUT2D eigenvalue weighted by Crippen LogP contribution is 2.16. The maximum absolute atomic E-state index is 9.07. The average Bonchev–Trinajstić information content (AvgIpc) is 2.74. The van der Waals surface area contributed by atoms with Crippen molar-refractivity contribution in [1.29, 1.82) is 5.26 Å². The van der Waals surface area contributed by atoms with E-state index in [1.54, 1.807) is 16.9 Å². The van der Waals surface area contributed by atoms with Gasteiger partial charge in [-0.2, -0.15) is 10.4 Å². The SMILES string of the molecule is N#Cc1cc(CN)ccc1-n1cc(I)cn1. The first-order chi connectivity index (χ1) is 7.74. The molecule has 0 spiro atoms. The molecule has 1 heterocycles. The molecule has 0 saturated carbocycles. The Kier molecular flexibility index (Phi) is 3.22. The molecule has 4 nitrogen and oxygen atoms in total. The van der Waals surface area contributed by atoms with Gasteiger partial charge in [0.25, 0.3) is 0 Å². The fraction of sp³-hybridized carbons (Fsp3) is 0.0909. The Hall–Kier alpha value is -1.39. The third-order valence-electron chi connectivity index (χ3n) is 2.22. The number of hydrogen-bond acceptors (Lipinski definition) is 3. The highest BCUT2D eigenvalue weighted by Gasteiger charge is 2.06. The van der Waals surface area contributed by atoms with Gasteiger partial charge in [-0.05, 0) is 40.3 Å². The van der Waals surface area contributed by atoms with Gasteiger partial charge in [-0.3, -0.25) is 0 Å². The standard InChI is InChI=1S/C11H9IN4/c12-10-6-15-16(7-10)11-2-1-8(4-13)3-9(11)5-14/h1-3,6-7H,4,13H2. The summed E-state index contributed by atoms with van der Waals surface area (Å²) in [5.74, 6) is 0. The van der Waals surface area contributed by atoms with Crippen LogP contribution in [-0.4, -0.2) is 9.78 Å². The summed E-state index contributed by atoms with van der Waals surface area (Å²) >= 11 is 2.18. The second-order valence-electron chi connectivity index (χ2n) is 3.27. The van der Waals surface area contributed by atoms with Crippen LogP contribution in [0.4, 0.5) is 0 Å². The van der Waals surface area contributed by atoms with Crippen molar-refractivity contribution in [2.45, 2.75) is 6.54 Å². The second kappa shape index (κ2) is 4.63. The smallest absolute Gasteiger partial charge is 0.101 e. The van der Waals surface area contributed by atoms with Crippen molar-refractivity contribution in [3.8, 4) is 11.8 Å². The number of hydrogen-bond donors (Lipinski definition) is 1.